The molecule has 3 N–H and O–H groups in total. The first-order valence-corrected chi connectivity index (χ1v) is 3.77. The summed E-state index contributed by atoms with van der Waals surface area (Å²) in [6, 6.07) is 0. The first kappa shape index (κ1) is 10.6. The highest BCUT2D eigenvalue weighted by Gasteiger charge is 2.27. The lowest BCUT2D eigenvalue weighted by Gasteiger charge is -2.05. The third-order valence-electron chi connectivity index (χ3n) is 1.42. The second kappa shape index (κ2) is 3.69. The molecule has 0 aliphatic heterocycles. The van der Waals surface area contributed by atoms with E-state index in [9.17, 15) is 13.2 Å². The average molecular weight is 206 g/mol. The average Bonchev–Trinajstić information content (AvgIpc) is 2.30. The van der Waals surface area contributed by atoms with Gasteiger partial charge in [0.25, 0.3) is 0 Å². The van der Waals surface area contributed by atoms with Gasteiger partial charge in [0.1, 0.15) is 6.54 Å². The third kappa shape index (κ3) is 3.46. The van der Waals surface area contributed by atoms with E-state index in [0.29, 0.717) is 5.69 Å². The molecule has 0 saturated heterocycles. The molecule has 1 aromatic heterocycles. The Hall–Kier alpha value is -1.53. The summed E-state index contributed by atoms with van der Waals surface area (Å²) in [7, 11) is 0. The predicted octanol–water partition coefficient (Wildman–Crippen LogP) is 0.924. The van der Waals surface area contributed by atoms with Crippen molar-refractivity contribution < 1.29 is 13.2 Å². The van der Waals surface area contributed by atoms with Gasteiger partial charge in [0.05, 0.1) is 17.9 Å². The van der Waals surface area contributed by atoms with Gasteiger partial charge in [-0.25, -0.2) is 4.98 Å². The number of nitrogens with zero attached hydrogens (tertiary/aromatic N) is 2. The number of alkyl halides is 3. The number of aromatic nitrogens is 2. The van der Waals surface area contributed by atoms with Crippen molar-refractivity contribution in [2.24, 2.45) is 5.73 Å². The van der Waals surface area contributed by atoms with Crippen molar-refractivity contribution in [2.45, 2.75) is 19.1 Å². The Balaban J connectivity index is 2.64. The van der Waals surface area contributed by atoms with E-state index >= 15 is 0 Å². The van der Waals surface area contributed by atoms with Crippen LogP contribution in [0.1, 0.15) is 5.69 Å². The Morgan fingerprint density at radius 3 is 2.71 bits per heavy atom. The van der Waals surface area contributed by atoms with Crippen molar-refractivity contribution >= 4 is 5.84 Å². The third-order valence-corrected chi connectivity index (χ3v) is 1.42. The molecule has 0 spiro atoms. The van der Waals surface area contributed by atoms with E-state index < -0.39 is 12.7 Å². The first-order valence-electron chi connectivity index (χ1n) is 3.77. The molecule has 0 bridgehead atoms. The highest BCUT2D eigenvalue weighted by molar-refractivity contribution is 5.78. The van der Waals surface area contributed by atoms with E-state index in [0.717, 1.165) is 10.9 Å². The van der Waals surface area contributed by atoms with Gasteiger partial charge in [0.15, 0.2) is 0 Å². The van der Waals surface area contributed by atoms with Gasteiger partial charge < -0.3 is 10.3 Å². The van der Waals surface area contributed by atoms with Crippen LogP contribution in [-0.4, -0.2) is 21.6 Å². The van der Waals surface area contributed by atoms with E-state index in [4.69, 9.17) is 11.1 Å². The minimum Gasteiger partial charge on any atom is -0.387 e. The van der Waals surface area contributed by atoms with Crippen LogP contribution in [-0.2, 0) is 13.0 Å². The van der Waals surface area contributed by atoms with Crippen molar-refractivity contribution in [3.05, 3.63) is 18.2 Å². The van der Waals surface area contributed by atoms with Gasteiger partial charge in [-0.1, -0.05) is 0 Å². The fraction of sp³-hybridized carbons (Fsp3) is 0.429. The highest BCUT2D eigenvalue weighted by Crippen LogP contribution is 2.17. The molecular formula is C7H9F3N4. The largest absolute Gasteiger partial charge is 0.406 e. The Bertz CT molecular complexity index is 328. The molecule has 0 aliphatic rings. The maximum absolute atomic E-state index is 11.9. The van der Waals surface area contributed by atoms with E-state index in [1.807, 2.05) is 0 Å². The Morgan fingerprint density at radius 2 is 2.21 bits per heavy atom. The molecule has 0 amide bonds. The lowest BCUT2D eigenvalue weighted by molar-refractivity contribution is -0.140. The Kier molecular flexibility index (Phi) is 2.78. The fourth-order valence-corrected chi connectivity index (χ4v) is 0.986. The minimum absolute atomic E-state index is 0.0743. The molecule has 0 aliphatic carbocycles. The molecule has 0 atom stereocenters. The molecular weight excluding hydrogens is 197 g/mol. The number of hydrogen-bond acceptors (Lipinski definition) is 2. The van der Waals surface area contributed by atoms with Crippen LogP contribution < -0.4 is 5.73 Å². The quantitative estimate of drug-likeness (QED) is 0.570. The standard InChI is InChI=1S/C7H9F3N4/c8-7(9,10)3-14-2-5(13-4-14)1-6(11)12/h2,4H,1,3H2,(H3,11,12). The molecule has 0 fully saturated rings. The summed E-state index contributed by atoms with van der Waals surface area (Å²) >= 11 is 0. The van der Waals surface area contributed by atoms with Crippen LogP contribution in [0.4, 0.5) is 13.2 Å². The van der Waals surface area contributed by atoms with E-state index in [-0.39, 0.29) is 12.3 Å². The van der Waals surface area contributed by atoms with Gasteiger partial charge in [-0.15, -0.1) is 0 Å². The zero-order valence-corrected chi connectivity index (χ0v) is 7.17. The van der Waals surface area contributed by atoms with Crippen molar-refractivity contribution in [2.75, 3.05) is 0 Å². The molecule has 14 heavy (non-hydrogen) atoms. The number of halogens is 3. The summed E-state index contributed by atoms with van der Waals surface area (Å²) in [4.78, 5) is 3.68. The molecule has 7 heteroatoms. The van der Waals surface area contributed by atoms with Gasteiger partial charge in [0.2, 0.25) is 0 Å². The normalized spacial score (nSPS) is 11.6. The van der Waals surface area contributed by atoms with Gasteiger partial charge in [-0.05, 0) is 0 Å². The van der Waals surface area contributed by atoms with Crippen LogP contribution in [0.25, 0.3) is 0 Å². The van der Waals surface area contributed by atoms with Crippen molar-refractivity contribution in [3.8, 4) is 0 Å². The SMILES string of the molecule is N=C(N)Cc1cn(CC(F)(F)F)cn1. The summed E-state index contributed by atoms with van der Waals surface area (Å²) in [5.74, 6) is -0.123. The maximum Gasteiger partial charge on any atom is 0.406 e. The van der Waals surface area contributed by atoms with Crippen molar-refractivity contribution in [1.29, 1.82) is 5.41 Å². The number of hydrogen-bond donors (Lipinski definition) is 2. The first-order chi connectivity index (χ1) is 6.37. The van der Waals surface area contributed by atoms with Crippen LogP contribution in [0.5, 0.6) is 0 Å². The molecule has 0 aromatic carbocycles. The summed E-state index contributed by atoms with van der Waals surface area (Å²) in [6.45, 7) is -1.07. The van der Waals surface area contributed by atoms with Crippen LogP contribution in [0, 0.1) is 5.41 Å². The molecule has 1 aromatic rings. The minimum atomic E-state index is -4.26. The van der Waals surface area contributed by atoms with Gasteiger partial charge in [-0.2, -0.15) is 13.2 Å². The maximum atomic E-state index is 11.9. The van der Waals surface area contributed by atoms with E-state index in [1.165, 1.54) is 6.20 Å². The molecule has 78 valence electrons. The van der Waals surface area contributed by atoms with Crippen molar-refractivity contribution in [1.82, 2.24) is 9.55 Å². The van der Waals surface area contributed by atoms with Gasteiger partial charge in [0, 0.05) is 12.6 Å². The fourth-order valence-electron chi connectivity index (χ4n) is 0.986. The number of nitrogens with two attached hydrogens (primary N) is 1. The van der Waals surface area contributed by atoms with Crippen LogP contribution in [0.2, 0.25) is 0 Å². The molecule has 4 nitrogen and oxygen atoms in total. The lowest BCUT2D eigenvalue weighted by atomic mass is 10.3. The highest BCUT2D eigenvalue weighted by atomic mass is 19.4. The molecule has 0 unspecified atom stereocenters. The van der Waals surface area contributed by atoms with E-state index in [1.54, 1.807) is 0 Å². The lowest BCUT2D eigenvalue weighted by Crippen LogP contribution is -2.16. The van der Waals surface area contributed by atoms with Crippen LogP contribution >= 0.6 is 0 Å². The summed E-state index contributed by atoms with van der Waals surface area (Å²) in [5, 5.41) is 6.93. The second-order valence-electron chi connectivity index (χ2n) is 2.85. The van der Waals surface area contributed by atoms with Gasteiger partial charge >= 0.3 is 6.18 Å². The van der Waals surface area contributed by atoms with Crippen LogP contribution in [0.3, 0.4) is 0 Å². The zero-order valence-electron chi connectivity index (χ0n) is 7.17. The number of nitrogens with one attached hydrogen (secondary N) is 1. The molecule has 0 radical (unpaired) electrons. The smallest absolute Gasteiger partial charge is 0.387 e. The summed E-state index contributed by atoms with van der Waals surface area (Å²) in [6.07, 6.45) is -1.88. The molecule has 1 heterocycles. The van der Waals surface area contributed by atoms with Gasteiger partial charge in [-0.3, -0.25) is 5.41 Å². The summed E-state index contributed by atoms with van der Waals surface area (Å²) in [5.41, 5.74) is 5.44. The topological polar surface area (TPSA) is 67.7 Å². The molecule has 1 rings (SSSR count). The predicted molar refractivity (Wildman–Crippen MR) is 43.9 cm³/mol. The van der Waals surface area contributed by atoms with Crippen LogP contribution in [0.15, 0.2) is 12.5 Å². The number of rotatable bonds is 3. The second-order valence-corrected chi connectivity index (χ2v) is 2.85. The number of amidine groups is 1. The Morgan fingerprint density at radius 1 is 1.57 bits per heavy atom. The van der Waals surface area contributed by atoms with Crippen molar-refractivity contribution in [3.63, 3.8) is 0 Å². The monoisotopic (exact) mass is 206 g/mol. The number of imidazole rings is 1. The van der Waals surface area contributed by atoms with E-state index in [2.05, 4.69) is 4.98 Å². The summed E-state index contributed by atoms with van der Waals surface area (Å²) < 4.78 is 36.6. The molecule has 0 saturated carbocycles. The Labute approximate surface area is 78.1 Å². The zero-order chi connectivity index (χ0) is 10.8.